The van der Waals surface area contributed by atoms with Gasteiger partial charge in [0.1, 0.15) is 6.33 Å². The molecule has 2 aromatic rings. The standard InChI is InChI=1S/C17H26N6O/c1-5-22(3)11-15-8-6-7-14(9-15)10-18-17(24)20-13(2)16-21-19-12-23(16)4/h6-9,12-13H,5,10-11H2,1-4H3,(H2,18,20,24). The predicted octanol–water partition coefficient (Wildman–Crippen LogP) is 1.83. The van der Waals surface area contributed by atoms with Gasteiger partial charge in [0.2, 0.25) is 0 Å². The van der Waals surface area contributed by atoms with Crippen molar-refractivity contribution in [1.82, 2.24) is 30.3 Å². The molecule has 0 aliphatic carbocycles. The van der Waals surface area contributed by atoms with Gasteiger partial charge in [-0.25, -0.2) is 4.79 Å². The average Bonchev–Trinajstić information content (AvgIpc) is 2.99. The van der Waals surface area contributed by atoms with Gasteiger partial charge in [-0.2, -0.15) is 0 Å². The van der Waals surface area contributed by atoms with Crippen molar-refractivity contribution in [1.29, 1.82) is 0 Å². The summed E-state index contributed by atoms with van der Waals surface area (Å²) < 4.78 is 1.79. The third-order valence-electron chi connectivity index (χ3n) is 3.92. The van der Waals surface area contributed by atoms with Crippen molar-refractivity contribution in [3.63, 3.8) is 0 Å². The van der Waals surface area contributed by atoms with E-state index in [2.05, 4.69) is 51.8 Å². The van der Waals surface area contributed by atoms with E-state index in [4.69, 9.17) is 0 Å². The molecule has 1 aromatic carbocycles. The van der Waals surface area contributed by atoms with E-state index in [1.165, 1.54) is 5.56 Å². The van der Waals surface area contributed by atoms with Crippen molar-refractivity contribution in [3.05, 3.63) is 47.5 Å². The Labute approximate surface area is 143 Å². The number of hydrogen-bond acceptors (Lipinski definition) is 4. The van der Waals surface area contributed by atoms with Crippen molar-refractivity contribution in [2.45, 2.75) is 33.0 Å². The zero-order chi connectivity index (χ0) is 17.5. The topological polar surface area (TPSA) is 75.1 Å². The normalized spacial score (nSPS) is 12.2. The summed E-state index contributed by atoms with van der Waals surface area (Å²) in [5, 5.41) is 13.6. The lowest BCUT2D eigenvalue weighted by molar-refractivity contribution is 0.237. The number of aryl methyl sites for hydroxylation is 1. The Bertz CT molecular complexity index is 669. The molecule has 2 N–H and O–H groups in total. The van der Waals surface area contributed by atoms with E-state index in [-0.39, 0.29) is 12.1 Å². The number of rotatable bonds is 7. The van der Waals surface area contributed by atoms with Gasteiger partial charge in [-0.3, -0.25) is 0 Å². The molecule has 1 unspecified atom stereocenters. The lowest BCUT2D eigenvalue weighted by Gasteiger charge is -2.15. The molecule has 1 atom stereocenters. The van der Waals surface area contributed by atoms with Crippen LogP contribution in [0, 0.1) is 0 Å². The highest BCUT2D eigenvalue weighted by atomic mass is 16.2. The minimum absolute atomic E-state index is 0.206. The van der Waals surface area contributed by atoms with Gasteiger partial charge < -0.3 is 20.1 Å². The molecule has 0 aliphatic rings. The molecule has 1 aromatic heterocycles. The molecular weight excluding hydrogens is 304 g/mol. The average molecular weight is 330 g/mol. The highest BCUT2D eigenvalue weighted by Gasteiger charge is 2.13. The third kappa shape index (κ3) is 5.06. The second kappa shape index (κ2) is 8.44. The summed E-state index contributed by atoms with van der Waals surface area (Å²) in [7, 11) is 3.94. The van der Waals surface area contributed by atoms with Crippen molar-refractivity contribution in [2.24, 2.45) is 7.05 Å². The number of benzene rings is 1. The van der Waals surface area contributed by atoms with Gasteiger partial charge in [0.05, 0.1) is 6.04 Å². The Morgan fingerprint density at radius 2 is 2.12 bits per heavy atom. The van der Waals surface area contributed by atoms with Crippen LogP contribution in [0.5, 0.6) is 0 Å². The minimum atomic E-state index is -0.221. The fourth-order valence-electron chi connectivity index (χ4n) is 2.44. The second-order valence-corrected chi connectivity index (χ2v) is 6.00. The highest BCUT2D eigenvalue weighted by Crippen LogP contribution is 2.09. The van der Waals surface area contributed by atoms with Gasteiger partial charge in [-0.05, 0) is 31.6 Å². The number of nitrogens with zero attached hydrogens (tertiary/aromatic N) is 4. The molecule has 2 amide bonds. The molecule has 0 spiro atoms. The summed E-state index contributed by atoms with van der Waals surface area (Å²) >= 11 is 0. The Hall–Kier alpha value is -2.41. The quantitative estimate of drug-likeness (QED) is 0.812. The first-order valence-corrected chi connectivity index (χ1v) is 8.14. The van der Waals surface area contributed by atoms with Crippen LogP contribution in [0.1, 0.15) is 36.8 Å². The summed E-state index contributed by atoms with van der Waals surface area (Å²) in [6.45, 7) is 6.41. The monoisotopic (exact) mass is 330 g/mol. The van der Waals surface area contributed by atoms with E-state index in [1.807, 2.05) is 26.1 Å². The first-order chi connectivity index (χ1) is 11.5. The number of carbonyl (C=O) groups is 1. The van der Waals surface area contributed by atoms with Crippen molar-refractivity contribution >= 4 is 6.03 Å². The van der Waals surface area contributed by atoms with Gasteiger partial charge in [0.25, 0.3) is 0 Å². The number of carbonyl (C=O) groups excluding carboxylic acids is 1. The second-order valence-electron chi connectivity index (χ2n) is 6.00. The van der Waals surface area contributed by atoms with Crippen LogP contribution < -0.4 is 10.6 Å². The van der Waals surface area contributed by atoms with Crippen LogP contribution in [0.4, 0.5) is 4.79 Å². The summed E-state index contributed by atoms with van der Waals surface area (Å²) in [5.74, 6) is 0.717. The Kier molecular flexibility index (Phi) is 6.31. The van der Waals surface area contributed by atoms with Gasteiger partial charge in [0, 0.05) is 20.1 Å². The van der Waals surface area contributed by atoms with Gasteiger partial charge >= 0.3 is 6.03 Å². The van der Waals surface area contributed by atoms with E-state index in [9.17, 15) is 4.79 Å². The maximum absolute atomic E-state index is 12.1. The number of amides is 2. The predicted molar refractivity (Wildman–Crippen MR) is 93.2 cm³/mol. The molecule has 1 heterocycles. The first kappa shape index (κ1) is 17.9. The van der Waals surface area contributed by atoms with Crippen LogP contribution in [-0.4, -0.2) is 39.3 Å². The molecule has 0 aliphatic heterocycles. The van der Waals surface area contributed by atoms with Crippen molar-refractivity contribution in [2.75, 3.05) is 13.6 Å². The molecule has 24 heavy (non-hydrogen) atoms. The van der Waals surface area contributed by atoms with E-state index >= 15 is 0 Å². The molecule has 7 nitrogen and oxygen atoms in total. The van der Waals surface area contributed by atoms with E-state index in [1.54, 1.807) is 10.9 Å². The highest BCUT2D eigenvalue weighted by molar-refractivity contribution is 5.74. The van der Waals surface area contributed by atoms with Crippen LogP contribution in [0.15, 0.2) is 30.6 Å². The smallest absolute Gasteiger partial charge is 0.315 e. The molecule has 130 valence electrons. The molecule has 2 rings (SSSR count). The Morgan fingerprint density at radius 1 is 1.38 bits per heavy atom. The van der Waals surface area contributed by atoms with Crippen LogP contribution in [-0.2, 0) is 20.1 Å². The van der Waals surface area contributed by atoms with Crippen LogP contribution in [0.25, 0.3) is 0 Å². The summed E-state index contributed by atoms with van der Waals surface area (Å²) in [5.41, 5.74) is 2.32. The minimum Gasteiger partial charge on any atom is -0.334 e. The summed E-state index contributed by atoms with van der Waals surface area (Å²) in [4.78, 5) is 14.3. The molecule has 0 radical (unpaired) electrons. The zero-order valence-corrected chi connectivity index (χ0v) is 14.8. The number of hydrogen-bond donors (Lipinski definition) is 2. The van der Waals surface area contributed by atoms with Crippen LogP contribution in [0.3, 0.4) is 0 Å². The maximum Gasteiger partial charge on any atom is 0.315 e. The fourth-order valence-corrected chi connectivity index (χ4v) is 2.44. The van der Waals surface area contributed by atoms with Crippen LogP contribution in [0.2, 0.25) is 0 Å². The van der Waals surface area contributed by atoms with E-state index in [0.717, 1.165) is 24.5 Å². The van der Waals surface area contributed by atoms with E-state index in [0.29, 0.717) is 6.54 Å². The molecule has 0 saturated heterocycles. The fraction of sp³-hybridized carbons (Fsp3) is 0.471. The van der Waals surface area contributed by atoms with Gasteiger partial charge in [-0.15, -0.1) is 10.2 Å². The number of urea groups is 1. The largest absolute Gasteiger partial charge is 0.334 e. The maximum atomic E-state index is 12.1. The first-order valence-electron chi connectivity index (χ1n) is 8.14. The lowest BCUT2D eigenvalue weighted by Crippen LogP contribution is -2.37. The Morgan fingerprint density at radius 3 is 2.79 bits per heavy atom. The molecular formula is C17H26N6O. The number of nitrogens with one attached hydrogen (secondary N) is 2. The van der Waals surface area contributed by atoms with Crippen molar-refractivity contribution in [3.8, 4) is 0 Å². The molecule has 0 fully saturated rings. The molecule has 0 saturated carbocycles. The molecule has 7 heteroatoms. The van der Waals surface area contributed by atoms with E-state index < -0.39 is 0 Å². The lowest BCUT2D eigenvalue weighted by atomic mass is 10.1. The third-order valence-corrected chi connectivity index (χ3v) is 3.92. The molecule has 0 bridgehead atoms. The number of aromatic nitrogens is 3. The SMILES string of the molecule is CCN(C)Cc1cccc(CNC(=O)NC(C)c2nncn2C)c1. The zero-order valence-electron chi connectivity index (χ0n) is 14.8. The van der Waals surface area contributed by atoms with Gasteiger partial charge in [-0.1, -0.05) is 31.2 Å². The summed E-state index contributed by atoms with van der Waals surface area (Å²) in [6, 6.07) is 7.84. The van der Waals surface area contributed by atoms with Crippen molar-refractivity contribution < 1.29 is 4.79 Å². The summed E-state index contributed by atoms with van der Waals surface area (Å²) in [6.07, 6.45) is 1.62. The Balaban J connectivity index is 1.85. The van der Waals surface area contributed by atoms with Gasteiger partial charge in [0.15, 0.2) is 5.82 Å². The van der Waals surface area contributed by atoms with Crippen LogP contribution >= 0.6 is 0 Å².